The molecule has 2 rings (SSSR count). The van der Waals surface area contributed by atoms with Crippen molar-refractivity contribution in [2.24, 2.45) is 5.73 Å². The molecule has 2 saturated heterocycles. The minimum atomic E-state index is -1.09. The highest BCUT2D eigenvalue weighted by molar-refractivity contribution is 5.77. The summed E-state index contributed by atoms with van der Waals surface area (Å²) < 4.78 is 0. The molecule has 3 N–H and O–H groups in total. The van der Waals surface area contributed by atoms with E-state index in [1.807, 2.05) is 0 Å². The predicted molar refractivity (Wildman–Crippen MR) is 65.9 cm³/mol. The number of aliphatic carboxylic acids is 1. The quantitative estimate of drug-likeness (QED) is 0.722. The Balaban J connectivity index is 1.79. The fraction of sp³-hybridized carbons (Fsp3) is 0.917. The van der Waals surface area contributed by atoms with Gasteiger partial charge in [-0.15, -0.1) is 0 Å². The van der Waals surface area contributed by atoms with Crippen LogP contribution in [0.4, 0.5) is 0 Å². The molecule has 0 spiro atoms. The van der Waals surface area contributed by atoms with Crippen LogP contribution in [-0.2, 0) is 4.79 Å². The molecule has 0 aromatic rings. The van der Waals surface area contributed by atoms with Gasteiger partial charge in [0.2, 0.25) is 0 Å². The van der Waals surface area contributed by atoms with E-state index in [1.165, 1.54) is 19.4 Å². The standard InChI is InChI=1S/C12H23N3O2/c1-12(13,11(16)17)4-6-14-7-8-15-5-2-3-10(15)9-14/h10H,2-9,13H2,1H3,(H,16,17). The number of piperazine rings is 1. The molecule has 98 valence electrons. The molecule has 2 aliphatic rings. The van der Waals surface area contributed by atoms with Crippen LogP contribution in [0.3, 0.4) is 0 Å². The van der Waals surface area contributed by atoms with E-state index in [0.717, 1.165) is 26.2 Å². The third-order valence-corrected chi connectivity index (χ3v) is 4.11. The third kappa shape index (κ3) is 2.97. The summed E-state index contributed by atoms with van der Waals surface area (Å²) in [5.74, 6) is -0.906. The third-order valence-electron chi connectivity index (χ3n) is 4.11. The molecule has 2 fully saturated rings. The number of nitrogens with zero attached hydrogens (tertiary/aromatic N) is 2. The maximum atomic E-state index is 10.9. The Morgan fingerprint density at radius 1 is 1.47 bits per heavy atom. The van der Waals surface area contributed by atoms with Crippen LogP contribution in [0.5, 0.6) is 0 Å². The number of carbonyl (C=O) groups is 1. The van der Waals surface area contributed by atoms with Crippen molar-refractivity contribution >= 4 is 5.97 Å². The lowest BCUT2D eigenvalue weighted by molar-refractivity contribution is -0.143. The summed E-state index contributed by atoms with van der Waals surface area (Å²) >= 11 is 0. The fourth-order valence-corrected chi connectivity index (χ4v) is 2.76. The Hall–Kier alpha value is -0.650. The van der Waals surface area contributed by atoms with Crippen molar-refractivity contribution in [1.29, 1.82) is 0 Å². The van der Waals surface area contributed by atoms with Gasteiger partial charge >= 0.3 is 5.97 Å². The summed E-state index contributed by atoms with van der Waals surface area (Å²) in [6.07, 6.45) is 3.12. The monoisotopic (exact) mass is 241 g/mol. The molecule has 0 radical (unpaired) electrons. The molecule has 17 heavy (non-hydrogen) atoms. The van der Waals surface area contributed by atoms with Crippen LogP contribution < -0.4 is 5.73 Å². The zero-order valence-electron chi connectivity index (χ0n) is 10.6. The highest BCUT2D eigenvalue weighted by atomic mass is 16.4. The van der Waals surface area contributed by atoms with E-state index >= 15 is 0 Å². The van der Waals surface area contributed by atoms with Crippen molar-refractivity contribution in [3.05, 3.63) is 0 Å². The number of carboxylic acids is 1. The second kappa shape index (κ2) is 4.92. The van der Waals surface area contributed by atoms with E-state index in [1.54, 1.807) is 6.92 Å². The van der Waals surface area contributed by atoms with Gasteiger partial charge in [-0.2, -0.15) is 0 Å². The number of rotatable bonds is 4. The number of hydrogen-bond acceptors (Lipinski definition) is 4. The molecule has 0 aromatic heterocycles. The van der Waals surface area contributed by atoms with Crippen molar-refractivity contribution in [3.63, 3.8) is 0 Å². The minimum absolute atomic E-state index is 0.523. The van der Waals surface area contributed by atoms with E-state index in [-0.39, 0.29) is 0 Å². The Bertz CT molecular complexity index is 293. The van der Waals surface area contributed by atoms with Crippen LogP contribution in [0.25, 0.3) is 0 Å². The molecule has 2 unspecified atom stereocenters. The average molecular weight is 241 g/mol. The molecule has 5 heteroatoms. The van der Waals surface area contributed by atoms with Crippen LogP contribution >= 0.6 is 0 Å². The second-order valence-electron chi connectivity index (χ2n) is 5.61. The van der Waals surface area contributed by atoms with Gasteiger partial charge in [0, 0.05) is 32.2 Å². The molecular weight excluding hydrogens is 218 g/mol. The maximum absolute atomic E-state index is 10.9. The van der Waals surface area contributed by atoms with Gasteiger partial charge in [0.15, 0.2) is 0 Å². The Morgan fingerprint density at radius 3 is 2.94 bits per heavy atom. The number of carboxylic acid groups (broad SMARTS) is 1. The first-order chi connectivity index (χ1) is 7.99. The SMILES string of the molecule is CC(N)(CCN1CCN2CCCC2C1)C(=O)O. The lowest BCUT2D eigenvalue weighted by Crippen LogP contribution is -2.53. The van der Waals surface area contributed by atoms with Crippen molar-refractivity contribution in [3.8, 4) is 0 Å². The number of hydrogen-bond donors (Lipinski definition) is 2. The van der Waals surface area contributed by atoms with Crippen LogP contribution in [0.2, 0.25) is 0 Å². The smallest absolute Gasteiger partial charge is 0.323 e. The lowest BCUT2D eigenvalue weighted by Gasteiger charge is -2.38. The van der Waals surface area contributed by atoms with Gasteiger partial charge in [-0.3, -0.25) is 9.69 Å². The van der Waals surface area contributed by atoms with Crippen molar-refractivity contribution in [2.75, 3.05) is 32.7 Å². The first-order valence-electron chi connectivity index (χ1n) is 6.48. The van der Waals surface area contributed by atoms with Crippen LogP contribution in [0, 0.1) is 0 Å². The van der Waals surface area contributed by atoms with Gasteiger partial charge < -0.3 is 15.7 Å². The van der Waals surface area contributed by atoms with E-state index in [9.17, 15) is 4.79 Å². The first kappa shape index (κ1) is 12.8. The molecular formula is C12H23N3O2. The molecule has 2 aliphatic heterocycles. The maximum Gasteiger partial charge on any atom is 0.323 e. The summed E-state index contributed by atoms with van der Waals surface area (Å²) in [6.45, 7) is 6.88. The van der Waals surface area contributed by atoms with Crippen LogP contribution in [0.15, 0.2) is 0 Å². The van der Waals surface area contributed by atoms with Crippen molar-refractivity contribution in [1.82, 2.24) is 9.80 Å². The second-order valence-corrected chi connectivity index (χ2v) is 5.61. The summed E-state index contributed by atoms with van der Waals surface area (Å²) in [5, 5.41) is 8.97. The summed E-state index contributed by atoms with van der Waals surface area (Å²) in [4.78, 5) is 15.8. The van der Waals surface area contributed by atoms with Crippen molar-refractivity contribution < 1.29 is 9.90 Å². The summed E-state index contributed by atoms with van der Waals surface area (Å²) in [5.41, 5.74) is 4.66. The highest BCUT2D eigenvalue weighted by Gasteiger charge is 2.33. The molecule has 0 amide bonds. The van der Waals surface area contributed by atoms with Gasteiger partial charge in [0.05, 0.1) is 0 Å². The van der Waals surface area contributed by atoms with E-state index in [2.05, 4.69) is 9.80 Å². The van der Waals surface area contributed by atoms with Gasteiger partial charge in [-0.05, 0) is 32.7 Å². The largest absolute Gasteiger partial charge is 0.480 e. The molecule has 0 aliphatic carbocycles. The average Bonchev–Trinajstić information content (AvgIpc) is 2.73. The molecule has 5 nitrogen and oxygen atoms in total. The van der Waals surface area contributed by atoms with Gasteiger partial charge in [-0.1, -0.05) is 0 Å². The van der Waals surface area contributed by atoms with Crippen LogP contribution in [-0.4, -0.2) is 65.2 Å². The predicted octanol–water partition coefficient (Wildman–Crippen LogP) is -0.0415. The summed E-state index contributed by atoms with van der Waals surface area (Å²) in [7, 11) is 0. The Kier molecular flexibility index (Phi) is 3.70. The number of fused-ring (bicyclic) bond motifs is 1. The minimum Gasteiger partial charge on any atom is -0.480 e. The zero-order chi connectivity index (χ0) is 12.5. The van der Waals surface area contributed by atoms with Crippen molar-refractivity contribution in [2.45, 2.75) is 37.8 Å². The Morgan fingerprint density at radius 2 is 2.24 bits per heavy atom. The molecule has 0 aromatic carbocycles. The molecule has 2 heterocycles. The first-order valence-corrected chi connectivity index (χ1v) is 6.48. The highest BCUT2D eigenvalue weighted by Crippen LogP contribution is 2.22. The zero-order valence-corrected chi connectivity index (χ0v) is 10.6. The molecule has 0 saturated carbocycles. The van der Waals surface area contributed by atoms with Gasteiger partial charge in [-0.25, -0.2) is 0 Å². The summed E-state index contributed by atoms with van der Waals surface area (Å²) in [6, 6.07) is 0.692. The Labute approximate surface area is 103 Å². The van der Waals surface area contributed by atoms with E-state index in [4.69, 9.17) is 10.8 Å². The van der Waals surface area contributed by atoms with Crippen LogP contribution in [0.1, 0.15) is 26.2 Å². The molecule has 0 bridgehead atoms. The van der Waals surface area contributed by atoms with Gasteiger partial charge in [0.25, 0.3) is 0 Å². The molecule has 2 atom stereocenters. The lowest BCUT2D eigenvalue weighted by atomic mass is 9.99. The number of nitrogens with two attached hydrogens (primary N) is 1. The normalized spacial score (nSPS) is 29.9. The van der Waals surface area contributed by atoms with Gasteiger partial charge in [0.1, 0.15) is 5.54 Å². The fourth-order valence-electron chi connectivity index (χ4n) is 2.76. The van der Waals surface area contributed by atoms with E-state index in [0.29, 0.717) is 12.5 Å². The topological polar surface area (TPSA) is 69.8 Å². The van der Waals surface area contributed by atoms with E-state index < -0.39 is 11.5 Å².